The molecule has 0 fully saturated rings. The van der Waals surface area contributed by atoms with Gasteiger partial charge in [0.1, 0.15) is 6.29 Å². The first-order valence-corrected chi connectivity index (χ1v) is 2.95. The molecule has 2 nitrogen and oxygen atoms in total. The van der Waals surface area contributed by atoms with Crippen LogP contribution in [0.2, 0.25) is 0 Å². The zero-order chi connectivity index (χ0) is 7.33. The Labute approximate surface area is 55.3 Å². The van der Waals surface area contributed by atoms with Crippen LogP contribution in [0, 0.1) is 5.41 Å². The van der Waals surface area contributed by atoms with Crippen molar-refractivity contribution < 1.29 is 9.59 Å². The van der Waals surface area contributed by atoms with E-state index in [4.69, 9.17) is 0 Å². The molecule has 51 valence electrons. The van der Waals surface area contributed by atoms with Crippen molar-refractivity contribution in [3.8, 4) is 0 Å². The maximum absolute atomic E-state index is 10.1. The maximum Gasteiger partial charge on any atom is 0.204 e. The Morgan fingerprint density at radius 1 is 1.56 bits per heavy atom. The third-order valence-electron chi connectivity index (χ3n) is 1.16. The van der Waals surface area contributed by atoms with E-state index in [1.807, 2.05) is 6.29 Å². The summed E-state index contributed by atoms with van der Waals surface area (Å²) < 4.78 is 0. The third-order valence-corrected chi connectivity index (χ3v) is 1.16. The number of aldehydes is 1. The van der Waals surface area contributed by atoms with Gasteiger partial charge in [-0.2, -0.15) is 0 Å². The van der Waals surface area contributed by atoms with Crippen molar-refractivity contribution in [1.29, 1.82) is 0 Å². The topological polar surface area (TPSA) is 34.1 Å². The summed E-state index contributed by atoms with van der Waals surface area (Å²) in [6.45, 7) is 3.53. The Hall–Kier alpha value is -0.660. The highest BCUT2D eigenvalue weighted by Gasteiger charge is 2.16. The molecule has 0 saturated carbocycles. The standard InChI is InChI=1S/C7H11O2/c1-7(2,6-9)4-3-5-8/h5H,3-4H2,1-2H3. The van der Waals surface area contributed by atoms with Crippen molar-refractivity contribution in [1.82, 2.24) is 0 Å². The Morgan fingerprint density at radius 2 is 2.11 bits per heavy atom. The normalized spacial score (nSPS) is 10.9. The fourth-order valence-electron chi connectivity index (χ4n) is 0.471. The van der Waals surface area contributed by atoms with Gasteiger partial charge >= 0.3 is 0 Å². The van der Waals surface area contributed by atoms with Gasteiger partial charge in [-0.25, -0.2) is 0 Å². The first-order chi connectivity index (χ1) is 4.12. The van der Waals surface area contributed by atoms with Crippen molar-refractivity contribution in [2.75, 3.05) is 0 Å². The minimum atomic E-state index is -0.444. The van der Waals surface area contributed by atoms with Crippen LogP contribution in [0.4, 0.5) is 0 Å². The molecular weight excluding hydrogens is 116 g/mol. The minimum Gasteiger partial charge on any atom is -0.303 e. The summed E-state index contributed by atoms with van der Waals surface area (Å²) in [6.07, 6.45) is 3.73. The molecule has 0 unspecified atom stereocenters. The van der Waals surface area contributed by atoms with Gasteiger partial charge < -0.3 is 4.79 Å². The van der Waals surface area contributed by atoms with E-state index >= 15 is 0 Å². The molecule has 0 heterocycles. The molecule has 0 bridgehead atoms. The van der Waals surface area contributed by atoms with Crippen LogP contribution in [0.1, 0.15) is 26.7 Å². The molecule has 2 heteroatoms. The van der Waals surface area contributed by atoms with Crippen molar-refractivity contribution in [2.24, 2.45) is 5.41 Å². The Morgan fingerprint density at radius 3 is 2.44 bits per heavy atom. The van der Waals surface area contributed by atoms with Gasteiger partial charge in [0.25, 0.3) is 0 Å². The molecule has 0 spiro atoms. The Kier molecular flexibility index (Phi) is 3.13. The average molecular weight is 127 g/mol. The van der Waals surface area contributed by atoms with Gasteiger partial charge in [0.15, 0.2) is 0 Å². The molecule has 0 aliphatic heterocycles. The summed E-state index contributed by atoms with van der Waals surface area (Å²) in [7, 11) is 0. The molecule has 0 N–H and O–H groups in total. The monoisotopic (exact) mass is 127 g/mol. The lowest BCUT2D eigenvalue weighted by Crippen LogP contribution is -2.12. The van der Waals surface area contributed by atoms with Crippen molar-refractivity contribution in [3.63, 3.8) is 0 Å². The molecule has 0 aromatic carbocycles. The van der Waals surface area contributed by atoms with E-state index in [-0.39, 0.29) is 0 Å². The summed E-state index contributed by atoms with van der Waals surface area (Å²) in [6, 6.07) is 0. The molecule has 0 aromatic rings. The predicted octanol–water partition coefficient (Wildman–Crippen LogP) is 1.10. The van der Waals surface area contributed by atoms with E-state index in [0.29, 0.717) is 12.8 Å². The van der Waals surface area contributed by atoms with E-state index in [0.717, 1.165) is 6.29 Å². The minimum absolute atomic E-state index is 0.444. The molecule has 9 heavy (non-hydrogen) atoms. The largest absolute Gasteiger partial charge is 0.303 e. The summed E-state index contributed by atoms with van der Waals surface area (Å²) in [5.41, 5.74) is -0.444. The smallest absolute Gasteiger partial charge is 0.204 e. The van der Waals surface area contributed by atoms with Gasteiger partial charge in [0.2, 0.25) is 6.29 Å². The molecule has 0 rings (SSSR count). The molecular formula is C7H11O2. The second-order valence-electron chi connectivity index (χ2n) is 2.69. The Balaban J connectivity index is 3.57. The number of hydrogen-bond donors (Lipinski definition) is 0. The van der Waals surface area contributed by atoms with Crippen LogP contribution in [-0.4, -0.2) is 12.6 Å². The van der Waals surface area contributed by atoms with Gasteiger partial charge in [-0.05, 0) is 6.42 Å². The first-order valence-electron chi connectivity index (χ1n) is 2.95. The lowest BCUT2D eigenvalue weighted by atomic mass is 9.90. The van der Waals surface area contributed by atoms with Crippen molar-refractivity contribution in [3.05, 3.63) is 0 Å². The first kappa shape index (κ1) is 8.34. The second-order valence-corrected chi connectivity index (χ2v) is 2.69. The van der Waals surface area contributed by atoms with E-state index < -0.39 is 5.41 Å². The molecule has 0 saturated heterocycles. The van der Waals surface area contributed by atoms with E-state index in [1.54, 1.807) is 13.8 Å². The summed E-state index contributed by atoms with van der Waals surface area (Å²) in [5.74, 6) is 0. The summed E-state index contributed by atoms with van der Waals surface area (Å²) in [4.78, 5) is 19.9. The highest BCUT2D eigenvalue weighted by molar-refractivity contribution is 5.60. The lowest BCUT2D eigenvalue weighted by Gasteiger charge is -2.11. The van der Waals surface area contributed by atoms with Crippen LogP contribution in [0.3, 0.4) is 0 Å². The van der Waals surface area contributed by atoms with Gasteiger partial charge in [-0.15, -0.1) is 0 Å². The van der Waals surface area contributed by atoms with E-state index in [1.165, 1.54) is 0 Å². The van der Waals surface area contributed by atoms with Gasteiger partial charge in [-0.1, -0.05) is 13.8 Å². The van der Waals surface area contributed by atoms with Crippen LogP contribution in [0.25, 0.3) is 0 Å². The molecule has 0 aliphatic carbocycles. The summed E-state index contributed by atoms with van der Waals surface area (Å²) >= 11 is 0. The zero-order valence-electron chi connectivity index (χ0n) is 5.81. The predicted molar refractivity (Wildman–Crippen MR) is 34.8 cm³/mol. The van der Waals surface area contributed by atoms with Crippen molar-refractivity contribution in [2.45, 2.75) is 26.7 Å². The average Bonchev–Trinajstić information content (AvgIpc) is 1.84. The van der Waals surface area contributed by atoms with Crippen LogP contribution in [0.5, 0.6) is 0 Å². The fourth-order valence-corrected chi connectivity index (χ4v) is 0.471. The van der Waals surface area contributed by atoms with Crippen molar-refractivity contribution >= 4 is 12.6 Å². The molecule has 0 aliphatic rings. The second kappa shape index (κ2) is 3.38. The van der Waals surface area contributed by atoms with Crippen LogP contribution >= 0.6 is 0 Å². The quantitative estimate of drug-likeness (QED) is 0.530. The Bertz CT molecular complexity index is 105. The van der Waals surface area contributed by atoms with Gasteiger partial charge in [0.05, 0.1) is 0 Å². The maximum atomic E-state index is 10.1. The van der Waals surface area contributed by atoms with Crippen LogP contribution < -0.4 is 0 Å². The zero-order valence-corrected chi connectivity index (χ0v) is 5.81. The van der Waals surface area contributed by atoms with Gasteiger partial charge in [-0.3, -0.25) is 4.79 Å². The fraction of sp³-hybridized carbons (Fsp3) is 0.714. The van der Waals surface area contributed by atoms with Crippen LogP contribution in [-0.2, 0) is 9.59 Å². The SMILES string of the molecule is CC(C)([C]=O)CCC=O. The third kappa shape index (κ3) is 3.88. The number of carbonyl (C=O) groups excluding carboxylic acids is 2. The molecule has 0 amide bonds. The number of rotatable bonds is 4. The van der Waals surface area contributed by atoms with E-state index in [2.05, 4.69) is 0 Å². The van der Waals surface area contributed by atoms with Crippen LogP contribution in [0.15, 0.2) is 0 Å². The molecule has 0 atom stereocenters. The lowest BCUT2D eigenvalue weighted by molar-refractivity contribution is -0.108. The highest BCUT2D eigenvalue weighted by atomic mass is 16.1. The molecule has 0 aromatic heterocycles. The highest BCUT2D eigenvalue weighted by Crippen LogP contribution is 2.17. The van der Waals surface area contributed by atoms with E-state index in [9.17, 15) is 9.59 Å². The van der Waals surface area contributed by atoms with Gasteiger partial charge in [0, 0.05) is 11.8 Å². The number of carbonyl (C=O) groups is 1. The molecule has 1 radical (unpaired) electrons. The summed E-state index contributed by atoms with van der Waals surface area (Å²) in [5, 5.41) is 0. The number of hydrogen-bond acceptors (Lipinski definition) is 2.